The molecule has 0 spiro atoms. The molecule has 4 atom stereocenters. The van der Waals surface area contributed by atoms with Crippen molar-refractivity contribution in [2.24, 2.45) is 5.92 Å². The Morgan fingerprint density at radius 3 is 2.55 bits per heavy atom. The Hall–Kier alpha value is -4.71. The third-order valence-corrected chi connectivity index (χ3v) is 10.2. The van der Waals surface area contributed by atoms with Gasteiger partial charge in [0.25, 0.3) is 0 Å². The van der Waals surface area contributed by atoms with Crippen LogP contribution >= 0.6 is 0 Å². The molecule has 3 aliphatic rings. The molecule has 2 saturated carbocycles. The fourth-order valence-corrected chi connectivity index (χ4v) is 7.38. The molecule has 0 bridgehead atoms. The van der Waals surface area contributed by atoms with Gasteiger partial charge in [-0.3, -0.25) is 9.69 Å². The fourth-order valence-electron chi connectivity index (χ4n) is 5.72. The van der Waals surface area contributed by atoms with Crippen LogP contribution in [0.2, 0.25) is 0 Å². The first kappa shape index (κ1) is 29.4. The van der Waals surface area contributed by atoms with Crippen LogP contribution in [0, 0.1) is 5.92 Å². The van der Waals surface area contributed by atoms with Crippen LogP contribution in [0.15, 0.2) is 72.8 Å². The fraction of sp³-hybridized carbons (Fsp3) is 0.323. The summed E-state index contributed by atoms with van der Waals surface area (Å²) in [4.78, 5) is 43.3. The maximum absolute atomic E-state index is 13.6. The number of hydrogen-bond donors (Lipinski definition) is 3. The topological polar surface area (TPSA) is 164 Å². The van der Waals surface area contributed by atoms with Gasteiger partial charge in [0.05, 0.1) is 41.6 Å². The van der Waals surface area contributed by atoms with E-state index in [1.807, 2.05) is 30.3 Å². The second-order valence-corrected chi connectivity index (χ2v) is 13.0. The first-order chi connectivity index (χ1) is 21.1. The Morgan fingerprint density at radius 1 is 1.18 bits per heavy atom. The number of nitrogens with one attached hydrogen (secondary N) is 2. The highest BCUT2D eigenvalue weighted by molar-refractivity contribution is 7.90. The molecule has 1 saturated heterocycles. The third kappa shape index (κ3) is 5.30. The number of nitrogens with zero attached hydrogens (tertiary/aromatic N) is 2. The van der Waals surface area contributed by atoms with Crippen molar-refractivity contribution in [3.63, 3.8) is 0 Å². The number of carbonyl (C=O) groups is 2. The van der Waals surface area contributed by atoms with E-state index in [0.717, 1.165) is 10.5 Å². The Morgan fingerprint density at radius 2 is 1.93 bits per heavy atom. The van der Waals surface area contributed by atoms with Gasteiger partial charge in [-0.1, -0.05) is 36.4 Å². The molecule has 3 fully saturated rings. The van der Waals surface area contributed by atoms with Gasteiger partial charge in [0, 0.05) is 29.5 Å². The molecule has 2 aliphatic carbocycles. The Bertz CT molecular complexity index is 1820. The molecule has 1 aliphatic heterocycles. The van der Waals surface area contributed by atoms with Gasteiger partial charge in [-0.05, 0) is 25.0 Å². The van der Waals surface area contributed by atoms with Gasteiger partial charge in [-0.15, -0.1) is 6.58 Å². The number of benzene rings is 2. The van der Waals surface area contributed by atoms with Gasteiger partial charge in [-0.2, -0.15) is 4.72 Å². The number of pyridine rings is 1. The molecule has 6 rings (SSSR count). The van der Waals surface area contributed by atoms with Crippen LogP contribution in [-0.4, -0.2) is 78.1 Å². The van der Waals surface area contributed by atoms with Gasteiger partial charge in [-0.25, -0.2) is 23.0 Å². The zero-order chi connectivity index (χ0) is 31.2. The number of carbonyl (C=O) groups excluding carboxylic acids is 2. The molecule has 3 N–H and O–H groups in total. The number of amides is 2. The number of rotatable bonds is 10. The molecule has 13 heteroatoms. The van der Waals surface area contributed by atoms with Crippen LogP contribution < -0.4 is 19.5 Å². The van der Waals surface area contributed by atoms with Crippen LogP contribution in [0.25, 0.3) is 22.2 Å². The highest BCUT2D eigenvalue weighted by atomic mass is 32.2. The average Bonchev–Trinajstić information content (AvgIpc) is 3.92. The van der Waals surface area contributed by atoms with Crippen molar-refractivity contribution < 1.29 is 37.4 Å². The molecule has 2 aromatic carbocycles. The monoisotopic (exact) mass is 618 g/mol. The lowest BCUT2D eigenvalue weighted by atomic mass is 10.1. The van der Waals surface area contributed by atoms with Crippen LogP contribution in [0.3, 0.4) is 0 Å². The normalized spacial score (nSPS) is 24.4. The van der Waals surface area contributed by atoms with Crippen molar-refractivity contribution >= 4 is 38.9 Å². The van der Waals surface area contributed by atoms with E-state index in [0.29, 0.717) is 40.9 Å². The molecule has 44 heavy (non-hydrogen) atoms. The van der Waals surface area contributed by atoms with E-state index in [1.165, 1.54) is 6.08 Å². The predicted octanol–water partition coefficient (Wildman–Crippen LogP) is 2.88. The first-order valence-electron chi connectivity index (χ1n) is 14.0. The largest absolute Gasteiger partial charge is 0.497 e. The maximum Gasteiger partial charge on any atom is 0.408 e. The summed E-state index contributed by atoms with van der Waals surface area (Å²) in [5.74, 6) is 1.17. The van der Waals surface area contributed by atoms with E-state index in [-0.39, 0.29) is 18.5 Å². The first-order valence-corrected chi connectivity index (χ1v) is 15.6. The summed E-state index contributed by atoms with van der Waals surface area (Å²) in [6, 6.07) is 15.4. The van der Waals surface area contributed by atoms with E-state index < -0.39 is 51.0 Å². The van der Waals surface area contributed by atoms with Crippen molar-refractivity contribution in [2.45, 2.75) is 42.3 Å². The van der Waals surface area contributed by atoms with E-state index >= 15 is 0 Å². The summed E-state index contributed by atoms with van der Waals surface area (Å²) in [5, 5.41) is 12.6. The van der Waals surface area contributed by atoms with E-state index in [1.54, 1.807) is 37.3 Å². The number of methoxy groups -OCH3 is 1. The van der Waals surface area contributed by atoms with Gasteiger partial charge < -0.3 is 19.9 Å². The van der Waals surface area contributed by atoms with E-state index in [9.17, 15) is 27.9 Å². The summed E-state index contributed by atoms with van der Waals surface area (Å²) in [5.41, 5.74) is 0.314. The summed E-state index contributed by atoms with van der Waals surface area (Å²) < 4.78 is 39.8. The van der Waals surface area contributed by atoms with E-state index in [2.05, 4.69) is 16.6 Å². The number of fused-ring (bicyclic) bond motifs is 1. The highest BCUT2D eigenvalue weighted by Gasteiger charge is 2.65. The quantitative estimate of drug-likeness (QED) is 0.176. The summed E-state index contributed by atoms with van der Waals surface area (Å²) in [6.45, 7) is 3.53. The molecule has 1 aromatic heterocycles. The standard InChI is InChI=1S/C31H30N4O8S/c1-3-23-24(17-36)31(23,34-44(40,41)21-10-11-21)33-29(37)27-14-20(16-35(27)30(38)39)43-28-15-25(18-7-5-4-6-8-18)32-26-13-19(42-2)9-12-22(26)28/h3-9,12-13,15,20-21,23,27,34H,1,10-11,14,16H2,2H3,(H,33,37)(H,38,39)/t20-,23+,27+,31-/m1/s1. The number of sulfonamides is 1. The molecule has 2 amide bonds. The van der Waals surface area contributed by atoms with Gasteiger partial charge >= 0.3 is 6.09 Å². The van der Waals surface area contributed by atoms with Crippen molar-refractivity contribution in [3.05, 3.63) is 72.8 Å². The third-order valence-electron chi connectivity index (χ3n) is 8.20. The zero-order valence-electron chi connectivity index (χ0n) is 23.7. The number of hydrogen-bond acceptors (Lipinski definition) is 8. The molecule has 228 valence electrons. The maximum atomic E-state index is 13.6. The number of carboxylic acid groups (broad SMARTS) is 1. The van der Waals surface area contributed by atoms with Gasteiger partial charge in [0.1, 0.15) is 35.2 Å². The van der Waals surface area contributed by atoms with Crippen LogP contribution in [-0.2, 0) is 19.6 Å². The van der Waals surface area contributed by atoms with Crippen LogP contribution in [0.4, 0.5) is 4.79 Å². The highest BCUT2D eigenvalue weighted by Crippen LogP contribution is 2.49. The lowest BCUT2D eigenvalue weighted by Crippen LogP contribution is -2.57. The number of likely N-dealkylation sites (tertiary alicyclic amines) is 1. The van der Waals surface area contributed by atoms with Gasteiger partial charge in [0.15, 0.2) is 0 Å². The molecule has 3 aromatic rings. The van der Waals surface area contributed by atoms with Crippen LogP contribution in [0.5, 0.6) is 11.5 Å². The second kappa shape index (κ2) is 11.1. The Balaban J connectivity index is 1.28. The van der Waals surface area contributed by atoms with Crippen molar-refractivity contribution in [2.75, 3.05) is 13.7 Å². The summed E-state index contributed by atoms with van der Waals surface area (Å²) in [6.07, 6.45) is 0.181. The molecule has 0 radical (unpaired) electrons. The van der Waals surface area contributed by atoms with Crippen molar-refractivity contribution in [3.8, 4) is 22.8 Å². The van der Waals surface area contributed by atoms with Crippen molar-refractivity contribution in [1.82, 2.24) is 19.9 Å². The van der Waals surface area contributed by atoms with Gasteiger partial charge in [0.2, 0.25) is 15.9 Å². The predicted molar refractivity (Wildman–Crippen MR) is 160 cm³/mol. The Kier molecular flexibility index (Phi) is 7.40. The average molecular weight is 619 g/mol. The lowest BCUT2D eigenvalue weighted by molar-refractivity contribution is -0.126. The number of aromatic nitrogens is 1. The molecule has 12 nitrogen and oxygen atoms in total. The van der Waals surface area contributed by atoms with E-state index in [4.69, 9.17) is 14.5 Å². The molecular weight excluding hydrogens is 588 g/mol. The summed E-state index contributed by atoms with van der Waals surface area (Å²) >= 11 is 0. The molecular formula is C31H30N4O8S. The minimum absolute atomic E-state index is 0.0233. The Labute approximate surface area is 253 Å². The lowest BCUT2D eigenvalue weighted by Gasteiger charge is -2.25. The zero-order valence-corrected chi connectivity index (χ0v) is 24.5. The molecule has 0 unspecified atom stereocenters. The summed E-state index contributed by atoms with van der Waals surface area (Å²) in [7, 11) is -2.30. The molecule has 2 heterocycles. The minimum atomic E-state index is -3.85. The number of ether oxygens (including phenoxy) is 2. The smallest absolute Gasteiger partial charge is 0.408 e. The second-order valence-electron chi connectivity index (χ2n) is 11.1. The van der Waals surface area contributed by atoms with Crippen molar-refractivity contribution in [1.29, 1.82) is 0 Å². The SMILES string of the molecule is C=C[C@H]1C(=C=O)[C@]1(NC(=O)[C@@H]1C[C@@H](Oc2cc(-c3ccccc3)nc3cc(OC)ccc23)CN1C(=O)O)NS(=O)(=O)C1CC1. The van der Waals surface area contributed by atoms with Crippen LogP contribution in [0.1, 0.15) is 19.3 Å². The minimum Gasteiger partial charge on any atom is -0.497 e.